The summed E-state index contributed by atoms with van der Waals surface area (Å²) >= 11 is 0. The molecule has 0 fully saturated rings. The molecule has 15 heavy (non-hydrogen) atoms. The zero-order chi connectivity index (χ0) is 12.1. The second-order valence-corrected chi connectivity index (χ2v) is 4.82. The maximum absolute atomic E-state index is 11.6. The molecule has 90 valence electrons. The van der Waals surface area contributed by atoms with E-state index < -0.39 is 11.6 Å². The quantitative estimate of drug-likeness (QED) is 0.706. The Labute approximate surface area is 92.1 Å². The maximum Gasteiger partial charge on any atom is 0.323 e. The highest BCUT2D eigenvalue weighted by Gasteiger charge is 2.26. The van der Waals surface area contributed by atoms with Crippen LogP contribution >= 0.6 is 0 Å². The van der Waals surface area contributed by atoms with Crippen LogP contribution in [-0.4, -0.2) is 31.3 Å². The lowest BCUT2D eigenvalue weighted by Gasteiger charge is -2.24. The zero-order valence-electron chi connectivity index (χ0n) is 10.4. The van der Waals surface area contributed by atoms with Gasteiger partial charge in [0.05, 0.1) is 0 Å². The molecule has 0 aliphatic heterocycles. The summed E-state index contributed by atoms with van der Waals surface area (Å²) in [6.07, 6.45) is 0.761. The van der Waals surface area contributed by atoms with Crippen LogP contribution in [0.4, 0.5) is 0 Å². The summed E-state index contributed by atoms with van der Waals surface area (Å²) in [5.41, 5.74) is 5.30. The molecule has 0 rings (SSSR count). The van der Waals surface area contributed by atoms with Crippen molar-refractivity contribution >= 4 is 5.97 Å². The van der Waals surface area contributed by atoms with Crippen molar-refractivity contribution in [1.29, 1.82) is 0 Å². The molecule has 0 heterocycles. The molecule has 0 aromatic rings. The van der Waals surface area contributed by atoms with Crippen LogP contribution in [0.5, 0.6) is 0 Å². The minimum absolute atomic E-state index is 0.0693. The van der Waals surface area contributed by atoms with Gasteiger partial charge in [0.15, 0.2) is 0 Å². The van der Waals surface area contributed by atoms with Gasteiger partial charge in [-0.3, -0.25) is 4.79 Å². The normalized spacial score (nSPS) is 15.9. The van der Waals surface area contributed by atoms with Gasteiger partial charge in [0, 0.05) is 13.7 Å². The van der Waals surface area contributed by atoms with E-state index in [2.05, 4.69) is 0 Å². The minimum Gasteiger partial charge on any atom is -0.459 e. The van der Waals surface area contributed by atoms with E-state index in [1.165, 1.54) is 0 Å². The predicted octanol–water partition coefficient (Wildman–Crippen LogP) is 1.33. The number of methoxy groups -OCH3 is 1. The van der Waals surface area contributed by atoms with Gasteiger partial charge in [0.2, 0.25) is 0 Å². The fourth-order valence-electron chi connectivity index (χ4n) is 1.09. The first-order valence-electron chi connectivity index (χ1n) is 5.25. The third-order valence-corrected chi connectivity index (χ3v) is 2.07. The molecule has 2 atom stereocenters. The van der Waals surface area contributed by atoms with Gasteiger partial charge < -0.3 is 15.2 Å². The van der Waals surface area contributed by atoms with Crippen LogP contribution < -0.4 is 5.73 Å². The van der Waals surface area contributed by atoms with Gasteiger partial charge in [0.1, 0.15) is 11.6 Å². The smallest absolute Gasteiger partial charge is 0.323 e. The van der Waals surface area contributed by atoms with Gasteiger partial charge in [0.25, 0.3) is 0 Å². The molecule has 4 nitrogen and oxygen atoms in total. The third-order valence-electron chi connectivity index (χ3n) is 2.07. The van der Waals surface area contributed by atoms with Crippen molar-refractivity contribution in [1.82, 2.24) is 0 Å². The second kappa shape index (κ2) is 6.08. The highest BCUT2D eigenvalue weighted by atomic mass is 16.6. The van der Waals surface area contributed by atoms with E-state index in [-0.39, 0.29) is 11.9 Å². The Morgan fingerprint density at radius 1 is 1.40 bits per heavy atom. The second-order valence-electron chi connectivity index (χ2n) is 4.82. The average Bonchev–Trinajstić information content (AvgIpc) is 2.10. The molecule has 0 aliphatic carbocycles. The van der Waals surface area contributed by atoms with E-state index in [0.29, 0.717) is 6.61 Å². The molecule has 2 unspecified atom stereocenters. The standard InChI is InChI=1S/C11H23NO3/c1-8(6-7-14-5)9(12)10(13)15-11(2,3)4/h8-9H,6-7,12H2,1-5H3. The first-order chi connectivity index (χ1) is 6.78. The van der Waals surface area contributed by atoms with Gasteiger partial charge in [-0.15, -0.1) is 0 Å². The molecule has 4 heteroatoms. The predicted molar refractivity (Wildman–Crippen MR) is 59.5 cm³/mol. The summed E-state index contributed by atoms with van der Waals surface area (Å²) in [6.45, 7) is 8.03. The van der Waals surface area contributed by atoms with Crippen LogP contribution in [0, 0.1) is 5.92 Å². The molecular weight excluding hydrogens is 194 g/mol. The van der Waals surface area contributed by atoms with Gasteiger partial charge in [-0.05, 0) is 33.1 Å². The van der Waals surface area contributed by atoms with Crippen molar-refractivity contribution in [3.63, 3.8) is 0 Å². The molecule has 0 saturated carbocycles. The zero-order valence-corrected chi connectivity index (χ0v) is 10.4. The van der Waals surface area contributed by atoms with Crippen LogP contribution in [0.2, 0.25) is 0 Å². The van der Waals surface area contributed by atoms with E-state index in [0.717, 1.165) is 6.42 Å². The number of ether oxygens (including phenoxy) is 2. The van der Waals surface area contributed by atoms with Crippen molar-refractivity contribution in [3.05, 3.63) is 0 Å². The third kappa shape index (κ3) is 6.47. The van der Waals surface area contributed by atoms with Crippen molar-refractivity contribution < 1.29 is 14.3 Å². The SMILES string of the molecule is COCCC(C)C(N)C(=O)OC(C)(C)C. The van der Waals surface area contributed by atoms with Crippen LogP contribution in [0.1, 0.15) is 34.1 Å². The topological polar surface area (TPSA) is 61.5 Å². The Bertz CT molecular complexity index is 198. The summed E-state index contributed by atoms with van der Waals surface area (Å²) < 4.78 is 10.1. The van der Waals surface area contributed by atoms with Crippen LogP contribution in [0.3, 0.4) is 0 Å². The average molecular weight is 217 g/mol. The summed E-state index contributed by atoms with van der Waals surface area (Å²) in [4.78, 5) is 11.6. The number of carbonyl (C=O) groups excluding carboxylic acids is 1. The molecule has 0 aromatic carbocycles. The Kier molecular flexibility index (Phi) is 5.83. The van der Waals surface area contributed by atoms with Crippen LogP contribution in [0.25, 0.3) is 0 Å². The summed E-state index contributed by atoms with van der Waals surface area (Å²) in [7, 11) is 1.63. The number of rotatable bonds is 5. The van der Waals surface area contributed by atoms with E-state index in [4.69, 9.17) is 15.2 Å². The number of hydrogen-bond donors (Lipinski definition) is 1. The summed E-state index contributed by atoms with van der Waals surface area (Å²) in [6, 6.07) is -0.570. The van der Waals surface area contributed by atoms with Crippen molar-refractivity contribution in [2.24, 2.45) is 11.7 Å². The van der Waals surface area contributed by atoms with Gasteiger partial charge in [-0.1, -0.05) is 6.92 Å². The number of hydrogen-bond acceptors (Lipinski definition) is 4. The number of carbonyl (C=O) groups is 1. The molecular formula is C11H23NO3. The minimum atomic E-state index is -0.570. The lowest BCUT2D eigenvalue weighted by atomic mass is 9.99. The first kappa shape index (κ1) is 14.4. The van der Waals surface area contributed by atoms with Crippen LogP contribution in [0.15, 0.2) is 0 Å². The number of nitrogens with two attached hydrogens (primary N) is 1. The van der Waals surface area contributed by atoms with Crippen LogP contribution in [-0.2, 0) is 14.3 Å². The van der Waals surface area contributed by atoms with Gasteiger partial charge >= 0.3 is 5.97 Å². The fourth-order valence-corrected chi connectivity index (χ4v) is 1.09. The van der Waals surface area contributed by atoms with Crippen molar-refractivity contribution in [2.45, 2.75) is 45.8 Å². The first-order valence-corrected chi connectivity index (χ1v) is 5.25. The Morgan fingerprint density at radius 2 is 1.93 bits per heavy atom. The van der Waals surface area contributed by atoms with E-state index in [1.54, 1.807) is 7.11 Å². The summed E-state index contributed by atoms with van der Waals surface area (Å²) in [5.74, 6) is -0.272. The molecule has 0 saturated heterocycles. The van der Waals surface area contributed by atoms with Gasteiger partial charge in [-0.25, -0.2) is 0 Å². The molecule has 0 radical (unpaired) electrons. The fraction of sp³-hybridized carbons (Fsp3) is 0.909. The van der Waals surface area contributed by atoms with Crippen molar-refractivity contribution in [3.8, 4) is 0 Å². The lowest BCUT2D eigenvalue weighted by Crippen LogP contribution is -2.42. The molecule has 0 amide bonds. The van der Waals surface area contributed by atoms with E-state index in [9.17, 15) is 4.79 Å². The molecule has 0 spiro atoms. The summed E-state index contributed by atoms with van der Waals surface area (Å²) in [5, 5.41) is 0. The van der Waals surface area contributed by atoms with Crippen molar-refractivity contribution in [2.75, 3.05) is 13.7 Å². The lowest BCUT2D eigenvalue weighted by molar-refractivity contribution is -0.157. The maximum atomic E-state index is 11.6. The Balaban J connectivity index is 4.08. The molecule has 0 aliphatic rings. The highest BCUT2D eigenvalue weighted by molar-refractivity contribution is 5.76. The molecule has 2 N–H and O–H groups in total. The number of esters is 1. The highest BCUT2D eigenvalue weighted by Crippen LogP contribution is 2.13. The molecule has 0 bridgehead atoms. The Hall–Kier alpha value is -0.610. The van der Waals surface area contributed by atoms with Gasteiger partial charge in [-0.2, -0.15) is 0 Å². The van der Waals surface area contributed by atoms with E-state index >= 15 is 0 Å². The molecule has 0 aromatic heterocycles. The van der Waals surface area contributed by atoms with E-state index in [1.807, 2.05) is 27.7 Å². The monoisotopic (exact) mass is 217 g/mol. The largest absolute Gasteiger partial charge is 0.459 e. The Morgan fingerprint density at radius 3 is 2.33 bits per heavy atom.